The second-order valence-electron chi connectivity index (χ2n) is 7.27. The summed E-state index contributed by atoms with van der Waals surface area (Å²) < 4.78 is 13.2. The summed E-state index contributed by atoms with van der Waals surface area (Å²) in [6, 6.07) is 7.70. The summed E-state index contributed by atoms with van der Waals surface area (Å²) in [5, 5.41) is 19.3. The minimum atomic E-state index is -0.285. The van der Waals surface area contributed by atoms with E-state index in [1.165, 1.54) is 12.1 Å². The van der Waals surface area contributed by atoms with E-state index >= 15 is 0 Å². The van der Waals surface area contributed by atoms with Gasteiger partial charge in [0.1, 0.15) is 23.3 Å². The Bertz CT molecular complexity index is 938. The molecule has 9 heteroatoms. The zero-order chi connectivity index (χ0) is 21.5. The Balaban J connectivity index is 1.86. The van der Waals surface area contributed by atoms with Crippen LogP contribution < -0.4 is 16.0 Å². The third-order valence-corrected chi connectivity index (χ3v) is 4.60. The number of nitrogens with zero attached hydrogens (tertiary/aromatic N) is 4. The van der Waals surface area contributed by atoms with Gasteiger partial charge in [0.05, 0.1) is 24.9 Å². The van der Waals surface area contributed by atoms with Crippen LogP contribution in [0, 0.1) is 11.7 Å². The van der Waals surface area contributed by atoms with Gasteiger partial charge in [-0.05, 0) is 30.5 Å². The molecule has 0 radical (unpaired) electrons. The molecule has 30 heavy (non-hydrogen) atoms. The van der Waals surface area contributed by atoms with E-state index < -0.39 is 0 Å². The molecule has 3 aromatic rings. The number of benzene rings is 1. The van der Waals surface area contributed by atoms with Crippen molar-refractivity contribution in [2.75, 3.05) is 22.6 Å². The first-order chi connectivity index (χ1) is 14.4. The molecule has 3 rings (SSSR count). The molecule has 0 bridgehead atoms. The van der Waals surface area contributed by atoms with E-state index in [-0.39, 0.29) is 30.4 Å². The molecule has 0 aliphatic heterocycles. The van der Waals surface area contributed by atoms with Crippen LogP contribution in [0.15, 0.2) is 48.9 Å². The number of aromatic nitrogens is 4. The van der Waals surface area contributed by atoms with Crippen LogP contribution in [0.1, 0.15) is 32.4 Å². The van der Waals surface area contributed by atoms with Crippen molar-refractivity contribution in [2.24, 2.45) is 5.92 Å². The average molecular weight is 411 g/mol. The SMILES string of the molecule is CC(C)[C@@H](CO)Nc1cc(Nc2cnccn2)nc(N[C@H](C)c2ccc(F)cc2)n1. The molecule has 2 atom stereocenters. The molecule has 0 aliphatic rings. The van der Waals surface area contributed by atoms with E-state index in [4.69, 9.17) is 0 Å². The van der Waals surface area contributed by atoms with E-state index in [2.05, 4.69) is 35.9 Å². The van der Waals surface area contributed by atoms with Crippen molar-refractivity contribution in [3.63, 3.8) is 0 Å². The summed E-state index contributed by atoms with van der Waals surface area (Å²) in [5.74, 6) is 1.91. The highest BCUT2D eigenvalue weighted by molar-refractivity contribution is 5.58. The number of hydrogen-bond donors (Lipinski definition) is 4. The van der Waals surface area contributed by atoms with E-state index in [9.17, 15) is 9.50 Å². The predicted molar refractivity (Wildman–Crippen MR) is 115 cm³/mol. The molecule has 0 unspecified atom stereocenters. The van der Waals surface area contributed by atoms with Crippen molar-refractivity contribution >= 4 is 23.4 Å². The fraction of sp³-hybridized carbons (Fsp3) is 0.333. The van der Waals surface area contributed by atoms with Crippen molar-refractivity contribution in [1.82, 2.24) is 19.9 Å². The molecular formula is C21H26FN7O. The van der Waals surface area contributed by atoms with Crippen molar-refractivity contribution in [3.05, 3.63) is 60.3 Å². The number of rotatable bonds is 9. The van der Waals surface area contributed by atoms with Gasteiger partial charge in [-0.3, -0.25) is 4.98 Å². The van der Waals surface area contributed by atoms with Gasteiger partial charge in [-0.15, -0.1) is 0 Å². The maximum absolute atomic E-state index is 13.2. The molecule has 0 amide bonds. The van der Waals surface area contributed by atoms with Gasteiger partial charge in [0.15, 0.2) is 0 Å². The van der Waals surface area contributed by atoms with Crippen molar-refractivity contribution in [2.45, 2.75) is 32.9 Å². The normalized spacial score (nSPS) is 13.0. The maximum Gasteiger partial charge on any atom is 0.227 e. The second kappa shape index (κ2) is 9.93. The zero-order valence-electron chi connectivity index (χ0n) is 17.2. The molecule has 8 nitrogen and oxygen atoms in total. The molecule has 158 valence electrons. The Labute approximate surface area is 175 Å². The molecule has 2 aromatic heterocycles. The minimum Gasteiger partial charge on any atom is -0.394 e. The van der Waals surface area contributed by atoms with Crippen LogP contribution in [-0.4, -0.2) is 37.7 Å². The van der Waals surface area contributed by atoms with Crippen molar-refractivity contribution in [1.29, 1.82) is 0 Å². The van der Waals surface area contributed by atoms with Crippen LogP contribution in [0.2, 0.25) is 0 Å². The smallest absolute Gasteiger partial charge is 0.227 e. The van der Waals surface area contributed by atoms with Gasteiger partial charge in [0, 0.05) is 18.5 Å². The third-order valence-electron chi connectivity index (χ3n) is 4.60. The Hall–Kier alpha value is -3.33. The van der Waals surface area contributed by atoms with E-state index in [1.54, 1.807) is 36.8 Å². The van der Waals surface area contributed by atoms with Crippen molar-refractivity contribution in [3.8, 4) is 0 Å². The lowest BCUT2D eigenvalue weighted by Crippen LogP contribution is -2.30. The first-order valence-corrected chi connectivity index (χ1v) is 9.76. The highest BCUT2D eigenvalue weighted by Crippen LogP contribution is 2.23. The summed E-state index contributed by atoms with van der Waals surface area (Å²) in [6.45, 7) is 5.95. The maximum atomic E-state index is 13.2. The van der Waals surface area contributed by atoms with Gasteiger partial charge in [-0.2, -0.15) is 9.97 Å². The first-order valence-electron chi connectivity index (χ1n) is 9.76. The van der Waals surface area contributed by atoms with Gasteiger partial charge < -0.3 is 21.1 Å². The third kappa shape index (κ3) is 5.84. The van der Waals surface area contributed by atoms with Gasteiger partial charge in [0.2, 0.25) is 5.95 Å². The quantitative estimate of drug-likeness (QED) is 0.422. The number of nitrogens with one attached hydrogen (secondary N) is 3. The van der Waals surface area contributed by atoms with Crippen LogP contribution in [0.3, 0.4) is 0 Å². The Morgan fingerprint density at radius 2 is 1.70 bits per heavy atom. The lowest BCUT2D eigenvalue weighted by Gasteiger charge is -2.22. The summed E-state index contributed by atoms with van der Waals surface area (Å²) in [7, 11) is 0. The standard InChI is InChI=1S/C21H26FN7O/c1-13(2)17(12-30)26-18-10-19(27-20-11-23-8-9-24-20)29-21(28-18)25-14(3)15-4-6-16(22)7-5-15/h4-11,13-14,17,30H,12H2,1-3H3,(H3,24,25,26,27,28,29)/t14-,17-/m1/s1. The summed E-state index contributed by atoms with van der Waals surface area (Å²) >= 11 is 0. The highest BCUT2D eigenvalue weighted by Gasteiger charge is 2.15. The summed E-state index contributed by atoms with van der Waals surface area (Å²) in [4.78, 5) is 17.3. The molecule has 0 saturated carbocycles. The van der Waals surface area contributed by atoms with Gasteiger partial charge >= 0.3 is 0 Å². The lowest BCUT2D eigenvalue weighted by molar-refractivity contribution is 0.249. The largest absolute Gasteiger partial charge is 0.394 e. The Morgan fingerprint density at radius 3 is 2.33 bits per heavy atom. The molecule has 1 aromatic carbocycles. The second-order valence-corrected chi connectivity index (χ2v) is 7.27. The van der Waals surface area contributed by atoms with E-state index in [1.807, 2.05) is 20.8 Å². The number of hydrogen-bond acceptors (Lipinski definition) is 8. The average Bonchev–Trinajstić information content (AvgIpc) is 2.73. The molecule has 2 heterocycles. The fourth-order valence-corrected chi connectivity index (χ4v) is 2.79. The van der Waals surface area contributed by atoms with E-state index in [0.717, 1.165) is 5.56 Å². The zero-order valence-corrected chi connectivity index (χ0v) is 17.2. The number of aliphatic hydroxyl groups excluding tert-OH is 1. The summed E-state index contributed by atoms with van der Waals surface area (Å²) in [5.41, 5.74) is 0.900. The molecule has 0 aliphatic carbocycles. The topological polar surface area (TPSA) is 108 Å². The molecule has 0 fully saturated rings. The van der Waals surface area contributed by atoms with Crippen LogP contribution in [0.25, 0.3) is 0 Å². The Kier molecular flexibility index (Phi) is 7.08. The molecule has 0 saturated heterocycles. The predicted octanol–water partition coefficient (Wildman–Crippen LogP) is 3.75. The van der Waals surface area contributed by atoms with Crippen LogP contribution in [-0.2, 0) is 0 Å². The minimum absolute atomic E-state index is 0.0245. The van der Waals surface area contributed by atoms with Gasteiger partial charge in [-0.25, -0.2) is 9.37 Å². The monoisotopic (exact) mass is 411 g/mol. The number of aliphatic hydroxyl groups is 1. The molecule has 0 spiro atoms. The molecule has 4 N–H and O–H groups in total. The fourth-order valence-electron chi connectivity index (χ4n) is 2.79. The van der Waals surface area contributed by atoms with Gasteiger partial charge in [-0.1, -0.05) is 26.0 Å². The van der Waals surface area contributed by atoms with Crippen LogP contribution in [0.5, 0.6) is 0 Å². The highest BCUT2D eigenvalue weighted by atomic mass is 19.1. The first kappa shape index (κ1) is 21.4. The van der Waals surface area contributed by atoms with Crippen LogP contribution in [0.4, 0.5) is 27.8 Å². The van der Waals surface area contributed by atoms with Crippen molar-refractivity contribution < 1.29 is 9.50 Å². The molecular weight excluding hydrogens is 385 g/mol. The number of halogens is 1. The summed E-state index contributed by atoms with van der Waals surface area (Å²) in [6.07, 6.45) is 4.76. The Morgan fingerprint density at radius 1 is 0.967 bits per heavy atom. The lowest BCUT2D eigenvalue weighted by atomic mass is 10.1. The van der Waals surface area contributed by atoms with E-state index in [0.29, 0.717) is 23.4 Å². The van der Waals surface area contributed by atoms with Crippen LogP contribution >= 0.6 is 0 Å². The number of anilines is 4. The van der Waals surface area contributed by atoms with Gasteiger partial charge in [0.25, 0.3) is 0 Å².